The maximum absolute atomic E-state index is 12.9. The van der Waals surface area contributed by atoms with Gasteiger partial charge in [0.25, 0.3) is 0 Å². The molecule has 4 aromatic carbocycles. The standard InChI is InChI=1S/C24H30N2O.C18H24N2O3.C14H20N2O2/c27-24(22-13-14-22)26(23-11-5-2-6-12-23)19-21-10-7-16-25(18-21)17-15-20-8-3-1-4-9-20;1-23-18(22)19-11-5-6-14(12-19)13-20(17(21)15-9-10-15)16-7-3-2-4-8-16;1-18-14(17)16-9-5-6-12(11-16)10-15-13-7-3-2-4-8-13/h1-6,8-9,11-12,21-22H,7,10,13-19H2;2-4,7-8,14-15H,5-6,9-13H2,1H3;2-4,7-8,12,15H,5-6,9-11H2,1H3. The van der Waals surface area contributed by atoms with E-state index < -0.39 is 0 Å². The number of anilines is 3. The zero-order chi connectivity index (χ0) is 47.5. The van der Waals surface area contributed by atoms with Crippen LogP contribution in [0.4, 0.5) is 26.7 Å². The second kappa shape index (κ2) is 26.0. The number of rotatable bonds is 14. The Bertz CT molecular complexity index is 2140. The number of benzene rings is 4. The molecule has 4 amide bonds. The molecule has 364 valence electrons. The largest absolute Gasteiger partial charge is 0.453 e. The Morgan fingerprint density at radius 3 is 1.44 bits per heavy atom. The first-order valence-corrected chi connectivity index (χ1v) is 25.2. The van der Waals surface area contributed by atoms with E-state index in [1.54, 1.807) is 9.80 Å². The average Bonchev–Trinajstić information content (AvgIpc) is 4.35. The van der Waals surface area contributed by atoms with Gasteiger partial charge in [-0.2, -0.15) is 0 Å². The molecule has 0 radical (unpaired) electrons. The first kappa shape index (κ1) is 50.0. The molecule has 68 heavy (non-hydrogen) atoms. The molecule has 3 aliphatic heterocycles. The molecule has 1 N–H and O–H groups in total. The zero-order valence-corrected chi connectivity index (χ0v) is 40.5. The van der Waals surface area contributed by atoms with E-state index in [1.165, 1.54) is 39.2 Å². The van der Waals surface area contributed by atoms with Gasteiger partial charge in [-0.25, -0.2) is 9.59 Å². The van der Waals surface area contributed by atoms with Crippen molar-refractivity contribution in [2.75, 3.05) is 94.8 Å². The third kappa shape index (κ3) is 15.6. The molecular formula is C56H74N6O6. The van der Waals surface area contributed by atoms with Crippen LogP contribution in [-0.2, 0) is 25.5 Å². The molecule has 3 saturated heterocycles. The van der Waals surface area contributed by atoms with Gasteiger partial charge < -0.3 is 39.3 Å². The van der Waals surface area contributed by atoms with Gasteiger partial charge >= 0.3 is 12.2 Å². The molecule has 2 saturated carbocycles. The molecule has 5 fully saturated rings. The van der Waals surface area contributed by atoms with E-state index in [1.807, 2.05) is 71.6 Å². The van der Waals surface area contributed by atoms with E-state index in [9.17, 15) is 19.2 Å². The third-order valence-electron chi connectivity index (χ3n) is 13.8. The van der Waals surface area contributed by atoms with E-state index in [0.29, 0.717) is 36.8 Å². The first-order chi connectivity index (χ1) is 33.3. The van der Waals surface area contributed by atoms with Crippen molar-refractivity contribution < 1.29 is 28.7 Å². The van der Waals surface area contributed by atoms with E-state index in [4.69, 9.17) is 9.47 Å². The fourth-order valence-electron chi connectivity index (χ4n) is 9.77. The van der Waals surface area contributed by atoms with Gasteiger partial charge in [0.2, 0.25) is 11.8 Å². The van der Waals surface area contributed by atoms with Crippen LogP contribution in [0, 0.1) is 29.6 Å². The number of hydrogen-bond donors (Lipinski definition) is 1. The van der Waals surface area contributed by atoms with E-state index in [2.05, 4.69) is 69.7 Å². The SMILES string of the molecule is COC(=O)N1CCCC(CN(C(=O)C2CC2)c2ccccc2)C1.COC(=O)N1CCCC(CNc2ccccc2)C1.O=C(C1CC1)N(CC1CCCN(CCc2ccccc2)C1)c1ccccc1. The summed E-state index contributed by atoms with van der Waals surface area (Å²) in [7, 11) is 2.85. The molecule has 0 bridgehead atoms. The number of ether oxygens (including phenoxy) is 2. The van der Waals surface area contributed by atoms with Crippen molar-refractivity contribution in [3.8, 4) is 0 Å². The quantitative estimate of drug-likeness (QED) is 0.133. The van der Waals surface area contributed by atoms with Crippen molar-refractivity contribution in [1.82, 2.24) is 14.7 Å². The number of para-hydroxylation sites is 3. The smallest absolute Gasteiger partial charge is 0.409 e. The fourth-order valence-corrected chi connectivity index (χ4v) is 9.77. The monoisotopic (exact) mass is 927 g/mol. The minimum absolute atomic E-state index is 0.190. The summed E-state index contributed by atoms with van der Waals surface area (Å²) in [5.74, 6) is 2.38. The lowest BCUT2D eigenvalue weighted by Gasteiger charge is -2.36. The predicted molar refractivity (Wildman–Crippen MR) is 271 cm³/mol. The summed E-state index contributed by atoms with van der Waals surface area (Å²) in [4.78, 5) is 58.9. The van der Waals surface area contributed by atoms with Gasteiger partial charge in [-0.15, -0.1) is 0 Å². The summed E-state index contributed by atoms with van der Waals surface area (Å²) in [6.07, 6.45) is 11.4. The fraction of sp³-hybridized carbons (Fsp3) is 0.500. The minimum atomic E-state index is -0.269. The molecule has 3 atom stereocenters. The molecule has 12 nitrogen and oxygen atoms in total. The molecule has 12 heteroatoms. The molecule has 9 rings (SSSR count). The lowest BCUT2D eigenvalue weighted by molar-refractivity contribution is -0.120. The molecule has 2 aliphatic carbocycles. The Balaban J connectivity index is 0.000000154. The van der Waals surface area contributed by atoms with Gasteiger partial charge in [-0.05, 0) is 137 Å². The summed E-state index contributed by atoms with van der Waals surface area (Å²) in [5.41, 5.74) is 4.57. The zero-order valence-electron chi connectivity index (χ0n) is 40.5. The second-order valence-corrected chi connectivity index (χ2v) is 19.3. The number of carbonyl (C=O) groups is 4. The lowest BCUT2D eigenvalue weighted by Crippen LogP contribution is -2.45. The Morgan fingerprint density at radius 2 is 0.956 bits per heavy atom. The van der Waals surface area contributed by atoms with Crippen molar-refractivity contribution in [2.24, 2.45) is 29.6 Å². The van der Waals surface area contributed by atoms with Crippen LogP contribution in [0.2, 0.25) is 0 Å². The molecule has 3 unspecified atom stereocenters. The van der Waals surface area contributed by atoms with Crippen molar-refractivity contribution in [1.29, 1.82) is 0 Å². The van der Waals surface area contributed by atoms with E-state index in [-0.39, 0.29) is 29.9 Å². The van der Waals surface area contributed by atoms with Crippen LogP contribution in [-0.4, -0.2) is 118 Å². The Kier molecular flexibility index (Phi) is 19.1. The van der Waals surface area contributed by atoms with Crippen molar-refractivity contribution in [2.45, 2.75) is 70.6 Å². The number of nitrogens with one attached hydrogen (secondary N) is 1. The van der Waals surface area contributed by atoms with Crippen LogP contribution < -0.4 is 15.1 Å². The van der Waals surface area contributed by atoms with Gasteiger partial charge in [0.1, 0.15) is 0 Å². The number of methoxy groups -OCH3 is 2. The maximum Gasteiger partial charge on any atom is 0.409 e. The van der Waals surface area contributed by atoms with Crippen molar-refractivity contribution in [3.05, 3.63) is 127 Å². The Hall–Kier alpha value is -5.88. The summed E-state index contributed by atoms with van der Waals surface area (Å²) in [6.45, 7) is 8.84. The van der Waals surface area contributed by atoms with Crippen LogP contribution in [0.25, 0.3) is 0 Å². The van der Waals surface area contributed by atoms with Crippen LogP contribution in [0.15, 0.2) is 121 Å². The van der Waals surface area contributed by atoms with Gasteiger partial charge in [0, 0.05) is 87.8 Å². The minimum Gasteiger partial charge on any atom is -0.453 e. The molecule has 0 spiro atoms. The van der Waals surface area contributed by atoms with Gasteiger partial charge in [-0.1, -0.05) is 84.9 Å². The van der Waals surface area contributed by atoms with Gasteiger partial charge in [-0.3, -0.25) is 9.59 Å². The number of piperidine rings is 3. The van der Waals surface area contributed by atoms with Crippen LogP contribution in [0.5, 0.6) is 0 Å². The van der Waals surface area contributed by atoms with Gasteiger partial charge in [0.05, 0.1) is 14.2 Å². The molecule has 0 aromatic heterocycles. The lowest BCUT2D eigenvalue weighted by atomic mass is 9.96. The molecule has 5 aliphatic rings. The number of carbonyl (C=O) groups excluding carboxylic acids is 4. The van der Waals surface area contributed by atoms with E-state index >= 15 is 0 Å². The predicted octanol–water partition coefficient (Wildman–Crippen LogP) is 9.87. The van der Waals surface area contributed by atoms with Gasteiger partial charge in [0.15, 0.2) is 0 Å². The summed E-state index contributed by atoms with van der Waals surface area (Å²) in [6, 6.07) is 41.0. The van der Waals surface area contributed by atoms with Crippen LogP contribution in [0.3, 0.4) is 0 Å². The van der Waals surface area contributed by atoms with Crippen LogP contribution >= 0.6 is 0 Å². The second-order valence-electron chi connectivity index (χ2n) is 19.3. The topological polar surface area (TPSA) is 115 Å². The number of nitrogens with zero attached hydrogens (tertiary/aromatic N) is 5. The number of hydrogen-bond acceptors (Lipinski definition) is 8. The van der Waals surface area contributed by atoms with E-state index in [0.717, 1.165) is 121 Å². The summed E-state index contributed by atoms with van der Waals surface area (Å²) < 4.78 is 9.60. The number of likely N-dealkylation sites (tertiary alicyclic amines) is 3. The molecular weight excluding hydrogens is 853 g/mol. The average molecular weight is 927 g/mol. The van der Waals surface area contributed by atoms with Crippen molar-refractivity contribution >= 4 is 41.1 Å². The summed E-state index contributed by atoms with van der Waals surface area (Å²) in [5, 5.41) is 3.41. The summed E-state index contributed by atoms with van der Waals surface area (Å²) >= 11 is 0. The number of amides is 4. The maximum atomic E-state index is 12.9. The van der Waals surface area contributed by atoms with Crippen LogP contribution in [0.1, 0.15) is 69.8 Å². The Morgan fingerprint density at radius 1 is 0.529 bits per heavy atom. The highest BCUT2D eigenvalue weighted by Gasteiger charge is 2.37. The first-order valence-electron chi connectivity index (χ1n) is 25.2. The highest BCUT2D eigenvalue weighted by molar-refractivity contribution is 5.97. The normalized spacial score (nSPS) is 20.3. The highest BCUT2D eigenvalue weighted by Crippen LogP contribution is 2.35. The third-order valence-corrected chi connectivity index (χ3v) is 13.8. The molecule has 3 heterocycles. The Labute approximate surface area is 404 Å². The molecule has 4 aromatic rings. The highest BCUT2D eigenvalue weighted by atomic mass is 16.5. The van der Waals surface area contributed by atoms with Crippen molar-refractivity contribution in [3.63, 3.8) is 0 Å².